The lowest BCUT2D eigenvalue weighted by atomic mass is 10.0. The van der Waals surface area contributed by atoms with E-state index >= 15 is 0 Å². The van der Waals surface area contributed by atoms with Crippen molar-refractivity contribution in [3.05, 3.63) is 141 Å². The third kappa shape index (κ3) is 13.7. The molecule has 5 aromatic carbocycles. The van der Waals surface area contributed by atoms with E-state index in [-0.39, 0.29) is 27.5 Å². The molecule has 0 aliphatic carbocycles. The van der Waals surface area contributed by atoms with Crippen molar-refractivity contribution < 1.29 is 27.7 Å². The lowest BCUT2D eigenvalue weighted by molar-refractivity contribution is 0.253. The smallest absolute Gasteiger partial charge is 0.463 e. The van der Waals surface area contributed by atoms with Crippen molar-refractivity contribution in [2.75, 3.05) is 6.26 Å². The van der Waals surface area contributed by atoms with Crippen molar-refractivity contribution in [1.29, 1.82) is 0 Å². The van der Waals surface area contributed by atoms with E-state index in [0.29, 0.717) is 23.3 Å². The van der Waals surface area contributed by atoms with Gasteiger partial charge in [0.05, 0.1) is 6.61 Å². The molecule has 0 aliphatic heterocycles. The molecule has 57 heavy (non-hydrogen) atoms. The van der Waals surface area contributed by atoms with Gasteiger partial charge >= 0.3 is 8.60 Å². The van der Waals surface area contributed by atoms with Crippen LogP contribution in [0.5, 0.6) is 28.7 Å². The molecule has 0 aromatic heterocycles. The molecule has 0 radical (unpaired) electrons. The zero-order valence-corrected chi connectivity index (χ0v) is 38.7. The highest BCUT2D eigenvalue weighted by Gasteiger charge is 2.24. The van der Waals surface area contributed by atoms with Gasteiger partial charge in [-0.25, -0.2) is 0 Å². The van der Waals surface area contributed by atoms with Gasteiger partial charge in [0, 0.05) is 10.5 Å². The second-order valence-corrected chi connectivity index (χ2v) is 18.3. The fourth-order valence-electron chi connectivity index (χ4n) is 6.10. The number of hydrogen-bond acceptors (Lipinski definition) is 7. The van der Waals surface area contributed by atoms with Crippen molar-refractivity contribution in [1.82, 2.24) is 0 Å². The van der Waals surface area contributed by atoms with E-state index in [0.717, 1.165) is 72.2 Å². The molecule has 0 saturated carbocycles. The maximum absolute atomic E-state index is 9.46. The third-order valence-electron chi connectivity index (χ3n) is 9.42. The first-order chi connectivity index (χ1) is 27.1. The summed E-state index contributed by atoms with van der Waals surface area (Å²) in [4.78, 5) is 1.11. The fourth-order valence-corrected chi connectivity index (χ4v) is 8.19. The molecule has 0 saturated heterocycles. The molecule has 6 nitrogen and oxygen atoms in total. The molecule has 1 unspecified atom stereocenters. The molecule has 0 fully saturated rings. The largest absolute Gasteiger partial charge is 0.508 e. The van der Waals surface area contributed by atoms with Crippen molar-refractivity contribution in [2.45, 2.75) is 118 Å². The first kappa shape index (κ1) is 46.0. The molecule has 0 amide bonds. The number of thioether (sulfide) groups is 1. The SMILES string of the molecule is CSc1ccc(OPOc2cc(C)ccc2C(C)C)c(COP(Oc2cc(C)ccc2C(C)C)Oc2cc(C)ccc2C(C)C)c1.Cc1ccc(C(C)C)c(O)c1. The number of hydrogen-bond donors (Lipinski definition) is 1. The zero-order chi connectivity index (χ0) is 41.8. The Balaban J connectivity index is 0.000000563. The molecular weight excluding hydrogens is 767 g/mol. The van der Waals surface area contributed by atoms with Crippen LogP contribution in [0.3, 0.4) is 0 Å². The van der Waals surface area contributed by atoms with Crippen molar-refractivity contribution in [3.8, 4) is 28.7 Å². The maximum atomic E-state index is 9.46. The summed E-state index contributed by atoms with van der Waals surface area (Å²) in [6.07, 6.45) is 2.06. The Labute approximate surface area is 350 Å². The molecule has 0 heterocycles. The van der Waals surface area contributed by atoms with Gasteiger partial charge in [0.1, 0.15) is 28.7 Å². The molecule has 1 N–H and O–H groups in total. The van der Waals surface area contributed by atoms with Crippen LogP contribution in [0.1, 0.15) is 129 Å². The van der Waals surface area contributed by atoms with Gasteiger partial charge in [-0.2, -0.15) is 0 Å². The Morgan fingerprint density at radius 2 is 0.947 bits per heavy atom. The molecule has 9 heteroatoms. The average Bonchev–Trinajstić information content (AvgIpc) is 3.14. The molecule has 5 rings (SSSR count). The quantitative estimate of drug-likeness (QED) is 0.0785. The van der Waals surface area contributed by atoms with Crippen LogP contribution in [-0.4, -0.2) is 11.4 Å². The van der Waals surface area contributed by atoms with Crippen LogP contribution in [0.15, 0.2) is 95.9 Å². The molecule has 0 spiro atoms. The maximum Gasteiger partial charge on any atom is 0.463 e. The van der Waals surface area contributed by atoms with Crippen molar-refractivity contribution >= 4 is 29.4 Å². The summed E-state index contributed by atoms with van der Waals surface area (Å²) in [5.74, 6) is 4.85. The molecule has 5 aromatic rings. The number of benzene rings is 5. The third-order valence-corrected chi connectivity index (χ3v) is 11.8. The van der Waals surface area contributed by atoms with E-state index in [1.165, 1.54) is 0 Å². The van der Waals surface area contributed by atoms with Gasteiger partial charge in [-0.3, -0.25) is 4.52 Å². The summed E-state index contributed by atoms with van der Waals surface area (Å²) in [6.45, 7) is 25.6. The Morgan fingerprint density at radius 1 is 0.526 bits per heavy atom. The van der Waals surface area contributed by atoms with E-state index in [4.69, 9.17) is 22.6 Å². The van der Waals surface area contributed by atoms with E-state index in [1.54, 1.807) is 17.8 Å². The molecule has 1 atom stereocenters. The highest BCUT2D eigenvalue weighted by Crippen LogP contribution is 2.47. The van der Waals surface area contributed by atoms with Gasteiger partial charge in [-0.15, -0.1) is 11.8 Å². The minimum atomic E-state index is -1.83. The summed E-state index contributed by atoms with van der Waals surface area (Å²) in [5.41, 5.74) is 9.80. The average molecular weight is 829 g/mol. The first-order valence-electron chi connectivity index (χ1n) is 19.7. The predicted molar refractivity (Wildman–Crippen MR) is 243 cm³/mol. The minimum Gasteiger partial charge on any atom is -0.508 e. The molecule has 0 aliphatic rings. The normalized spacial score (nSPS) is 11.5. The standard InChI is InChI=1S/C38H48O5P2S.C10H14O/c1-24(2)32-15-11-27(7)19-36(32)41-44-40-35-18-14-31(46-10)22-30(35)23-39-45(42-37-20-28(8)12-16-33(37)25(3)4)43-38-21-29(9)13-17-34(38)26(5)6;1-7(2)9-5-4-8(3)6-10(9)11/h11-22,24-26,44H,23H2,1-10H3;4-7,11H,1-3H3. The zero-order valence-electron chi connectivity index (χ0n) is 36.0. The Kier molecular flexibility index (Phi) is 17.6. The number of phenolic OH excluding ortho intramolecular Hbond substituents is 1. The summed E-state index contributed by atoms with van der Waals surface area (Å²) >= 11 is 1.67. The van der Waals surface area contributed by atoms with E-state index in [9.17, 15) is 5.11 Å². The van der Waals surface area contributed by atoms with Crippen LogP contribution >= 0.6 is 29.4 Å². The van der Waals surface area contributed by atoms with Gasteiger partial charge in [-0.1, -0.05) is 104 Å². The van der Waals surface area contributed by atoms with Crippen LogP contribution in [0.25, 0.3) is 0 Å². The number of rotatable bonds is 16. The molecule has 306 valence electrons. The number of aromatic hydroxyl groups is 1. The number of phenols is 1. The summed E-state index contributed by atoms with van der Waals surface area (Å²) in [6, 6.07) is 30.9. The topological polar surface area (TPSA) is 66.4 Å². The van der Waals surface area contributed by atoms with E-state index in [2.05, 4.69) is 149 Å². The predicted octanol–water partition coefficient (Wildman–Crippen LogP) is 15.4. The first-order valence-corrected chi connectivity index (χ1v) is 22.9. The van der Waals surface area contributed by atoms with Gasteiger partial charge in [0.2, 0.25) is 0 Å². The molecule has 0 bridgehead atoms. The number of aryl methyl sites for hydroxylation is 4. The Bertz CT molecular complexity index is 2000. The summed E-state index contributed by atoms with van der Waals surface area (Å²) in [7, 11) is -2.04. The van der Waals surface area contributed by atoms with Gasteiger partial charge < -0.3 is 23.2 Å². The Morgan fingerprint density at radius 3 is 1.40 bits per heavy atom. The van der Waals surface area contributed by atoms with Crippen LogP contribution in [0, 0.1) is 27.7 Å². The van der Waals surface area contributed by atoms with Crippen LogP contribution < -0.4 is 18.1 Å². The summed E-state index contributed by atoms with van der Waals surface area (Å²) < 4.78 is 32.2. The van der Waals surface area contributed by atoms with Gasteiger partial charge in [-0.05, 0) is 145 Å². The van der Waals surface area contributed by atoms with Crippen LogP contribution in [0.2, 0.25) is 0 Å². The molecular formula is C48H62O6P2S. The van der Waals surface area contributed by atoms with Crippen molar-refractivity contribution in [2.24, 2.45) is 0 Å². The van der Waals surface area contributed by atoms with Gasteiger partial charge in [0.15, 0.2) is 0 Å². The van der Waals surface area contributed by atoms with E-state index in [1.807, 2.05) is 25.1 Å². The second kappa shape index (κ2) is 21.9. The monoisotopic (exact) mass is 828 g/mol. The Hall–Kier alpha value is -3.73. The van der Waals surface area contributed by atoms with Crippen LogP contribution in [0.4, 0.5) is 0 Å². The summed E-state index contributed by atoms with van der Waals surface area (Å²) in [5, 5.41) is 9.46. The lowest BCUT2D eigenvalue weighted by Crippen LogP contribution is -2.05. The minimum absolute atomic E-state index is 0.211. The van der Waals surface area contributed by atoms with Crippen molar-refractivity contribution in [3.63, 3.8) is 0 Å². The lowest BCUT2D eigenvalue weighted by Gasteiger charge is -2.23. The van der Waals surface area contributed by atoms with Crippen LogP contribution in [-0.2, 0) is 11.1 Å². The second-order valence-electron chi connectivity index (χ2n) is 15.7. The highest BCUT2D eigenvalue weighted by atomic mass is 32.2. The fraction of sp³-hybridized carbons (Fsp3) is 0.375. The van der Waals surface area contributed by atoms with Gasteiger partial charge in [0.25, 0.3) is 9.03 Å². The highest BCUT2D eigenvalue weighted by molar-refractivity contribution is 7.98. The van der Waals surface area contributed by atoms with E-state index < -0.39 is 8.60 Å².